The van der Waals surface area contributed by atoms with Crippen molar-refractivity contribution in [3.63, 3.8) is 0 Å². The Balaban J connectivity index is 1.90. The quantitative estimate of drug-likeness (QED) is 0.461. The molecular formula is C15H16O5. The van der Waals surface area contributed by atoms with Crippen LogP contribution in [0.5, 0.6) is 5.75 Å². The summed E-state index contributed by atoms with van der Waals surface area (Å²) in [6.45, 7) is 2.57. The highest BCUT2D eigenvalue weighted by Crippen LogP contribution is 2.19. The Labute approximate surface area is 116 Å². The molecule has 1 heterocycles. The largest absolute Gasteiger partial charge is 0.493 e. The molecule has 20 heavy (non-hydrogen) atoms. The minimum atomic E-state index is -0.392. The second kappa shape index (κ2) is 6.75. The Morgan fingerprint density at radius 1 is 1.25 bits per heavy atom. The van der Waals surface area contributed by atoms with Gasteiger partial charge in [-0.15, -0.1) is 0 Å². The van der Waals surface area contributed by atoms with Gasteiger partial charge in [0.25, 0.3) is 0 Å². The van der Waals surface area contributed by atoms with Crippen molar-refractivity contribution in [3.8, 4) is 5.75 Å². The Morgan fingerprint density at radius 3 is 2.85 bits per heavy atom. The molecule has 0 bridgehead atoms. The maximum atomic E-state index is 11.1. The maximum Gasteiger partial charge on any atom is 0.336 e. The Kier molecular flexibility index (Phi) is 4.76. The minimum absolute atomic E-state index is 0.222. The van der Waals surface area contributed by atoms with Crippen molar-refractivity contribution in [2.45, 2.75) is 19.8 Å². The number of rotatable bonds is 6. The van der Waals surface area contributed by atoms with Gasteiger partial charge < -0.3 is 13.9 Å². The molecule has 0 aliphatic carbocycles. The lowest BCUT2D eigenvalue weighted by molar-refractivity contribution is -0.143. The van der Waals surface area contributed by atoms with Gasteiger partial charge >= 0.3 is 11.6 Å². The van der Waals surface area contributed by atoms with Crippen molar-refractivity contribution in [1.82, 2.24) is 0 Å². The summed E-state index contributed by atoms with van der Waals surface area (Å²) >= 11 is 0. The molecule has 0 saturated carbocycles. The van der Waals surface area contributed by atoms with E-state index < -0.39 is 5.63 Å². The molecular weight excluding hydrogens is 260 g/mol. The summed E-state index contributed by atoms with van der Waals surface area (Å²) in [6, 6.07) is 8.36. The molecule has 106 valence electrons. The molecule has 5 heteroatoms. The van der Waals surface area contributed by atoms with Crippen molar-refractivity contribution >= 4 is 16.9 Å². The second-order valence-corrected chi connectivity index (χ2v) is 4.21. The van der Waals surface area contributed by atoms with E-state index >= 15 is 0 Å². The lowest BCUT2D eigenvalue weighted by Gasteiger charge is -2.06. The zero-order chi connectivity index (χ0) is 14.4. The number of carbonyl (C=O) groups excluding carboxylic acids is 1. The molecule has 0 amide bonds. The Bertz CT molecular complexity index is 644. The summed E-state index contributed by atoms with van der Waals surface area (Å²) < 4.78 is 15.4. The first-order valence-electron chi connectivity index (χ1n) is 6.51. The third kappa shape index (κ3) is 3.85. The third-order valence-corrected chi connectivity index (χ3v) is 2.69. The van der Waals surface area contributed by atoms with Crippen LogP contribution < -0.4 is 10.4 Å². The van der Waals surface area contributed by atoms with E-state index in [1.807, 2.05) is 6.07 Å². The van der Waals surface area contributed by atoms with Gasteiger partial charge in [-0.1, -0.05) is 0 Å². The zero-order valence-electron chi connectivity index (χ0n) is 11.3. The standard InChI is InChI=1S/C15H16O5/c1-2-18-14(16)4-3-9-19-12-7-5-11-6-8-15(17)20-13(11)10-12/h5-8,10H,2-4,9H2,1H3. The fourth-order valence-electron chi connectivity index (χ4n) is 1.77. The van der Waals surface area contributed by atoms with Gasteiger partial charge in [0.2, 0.25) is 0 Å². The van der Waals surface area contributed by atoms with Gasteiger partial charge in [-0.2, -0.15) is 0 Å². The van der Waals surface area contributed by atoms with Gasteiger partial charge in [0, 0.05) is 23.9 Å². The summed E-state index contributed by atoms with van der Waals surface area (Å²) in [4.78, 5) is 22.3. The molecule has 5 nitrogen and oxygen atoms in total. The molecule has 1 aromatic heterocycles. The Morgan fingerprint density at radius 2 is 2.05 bits per heavy atom. The average Bonchev–Trinajstić information content (AvgIpc) is 2.43. The van der Waals surface area contributed by atoms with Crippen LogP contribution in [0.2, 0.25) is 0 Å². The van der Waals surface area contributed by atoms with Gasteiger partial charge in [-0.05, 0) is 31.5 Å². The molecule has 0 spiro atoms. The van der Waals surface area contributed by atoms with Crippen molar-refractivity contribution in [3.05, 3.63) is 40.8 Å². The van der Waals surface area contributed by atoms with Crippen molar-refractivity contribution in [1.29, 1.82) is 0 Å². The van der Waals surface area contributed by atoms with E-state index in [2.05, 4.69) is 0 Å². The third-order valence-electron chi connectivity index (χ3n) is 2.69. The van der Waals surface area contributed by atoms with Gasteiger partial charge in [0.15, 0.2) is 0 Å². The molecule has 0 saturated heterocycles. The van der Waals surface area contributed by atoms with Gasteiger partial charge in [0.1, 0.15) is 11.3 Å². The summed E-state index contributed by atoms with van der Waals surface area (Å²) in [5.74, 6) is 0.385. The molecule has 0 fully saturated rings. The van der Waals surface area contributed by atoms with E-state index in [1.165, 1.54) is 6.07 Å². The minimum Gasteiger partial charge on any atom is -0.493 e. The molecule has 2 aromatic rings. The van der Waals surface area contributed by atoms with Crippen LogP contribution in [0.4, 0.5) is 0 Å². The lowest BCUT2D eigenvalue weighted by Crippen LogP contribution is -2.06. The van der Waals surface area contributed by atoms with E-state index in [4.69, 9.17) is 13.9 Å². The van der Waals surface area contributed by atoms with E-state index in [0.717, 1.165) is 5.39 Å². The fraction of sp³-hybridized carbons (Fsp3) is 0.333. The summed E-state index contributed by atoms with van der Waals surface area (Å²) in [5.41, 5.74) is 0.0948. The van der Waals surface area contributed by atoms with Crippen LogP contribution in [-0.2, 0) is 9.53 Å². The first-order valence-corrected chi connectivity index (χ1v) is 6.51. The van der Waals surface area contributed by atoms with Crippen LogP contribution in [0.1, 0.15) is 19.8 Å². The van der Waals surface area contributed by atoms with Gasteiger partial charge in [-0.3, -0.25) is 4.79 Å². The van der Waals surface area contributed by atoms with E-state index in [1.54, 1.807) is 25.1 Å². The van der Waals surface area contributed by atoms with Crippen LogP contribution in [0, 0.1) is 0 Å². The molecule has 0 atom stereocenters. The van der Waals surface area contributed by atoms with E-state index in [-0.39, 0.29) is 5.97 Å². The fourth-order valence-corrected chi connectivity index (χ4v) is 1.77. The van der Waals surface area contributed by atoms with Crippen molar-refractivity contribution in [2.75, 3.05) is 13.2 Å². The number of hydrogen-bond donors (Lipinski definition) is 0. The summed E-state index contributed by atoms with van der Waals surface area (Å²) in [7, 11) is 0. The zero-order valence-corrected chi connectivity index (χ0v) is 11.3. The SMILES string of the molecule is CCOC(=O)CCCOc1ccc2ccc(=O)oc2c1. The summed E-state index contributed by atoms with van der Waals surface area (Å²) in [5, 5.41) is 0.837. The lowest BCUT2D eigenvalue weighted by atomic mass is 10.2. The first kappa shape index (κ1) is 14.1. The number of esters is 1. The number of fused-ring (bicyclic) bond motifs is 1. The Hall–Kier alpha value is -2.30. The van der Waals surface area contributed by atoms with Gasteiger partial charge in [-0.25, -0.2) is 4.79 Å². The van der Waals surface area contributed by atoms with Crippen LogP contribution in [0.3, 0.4) is 0 Å². The number of benzene rings is 1. The molecule has 0 aliphatic rings. The first-order chi connectivity index (χ1) is 9.69. The number of hydrogen-bond acceptors (Lipinski definition) is 5. The smallest absolute Gasteiger partial charge is 0.336 e. The highest BCUT2D eigenvalue weighted by atomic mass is 16.5. The van der Waals surface area contributed by atoms with Crippen LogP contribution >= 0.6 is 0 Å². The topological polar surface area (TPSA) is 65.7 Å². The number of ether oxygens (including phenoxy) is 2. The molecule has 0 aliphatic heterocycles. The molecule has 0 N–H and O–H groups in total. The molecule has 0 unspecified atom stereocenters. The van der Waals surface area contributed by atoms with Crippen LogP contribution in [-0.4, -0.2) is 19.2 Å². The summed E-state index contributed by atoms with van der Waals surface area (Å²) in [6.07, 6.45) is 0.909. The molecule has 2 rings (SSSR count). The maximum absolute atomic E-state index is 11.1. The average molecular weight is 276 g/mol. The predicted molar refractivity (Wildman–Crippen MR) is 73.8 cm³/mol. The normalized spacial score (nSPS) is 10.4. The molecule has 0 radical (unpaired) electrons. The van der Waals surface area contributed by atoms with E-state index in [0.29, 0.717) is 37.4 Å². The van der Waals surface area contributed by atoms with Crippen molar-refractivity contribution < 1.29 is 18.7 Å². The highest BCUT2D eigenvalue weighted by molar-refractivity contribution is 5.77. The van der Waals surface area contributed by atoms with Crippen molar-refractivity contribution in [2.24, 2.45) is 0 Å². The van der Waals surface area contributed by atoms with Crippen LogP contribution in [0.15, 0.2) is 39.5 Å². The highest BCUT2D eigenvalue weighted by Gasteiger charge is 2.03. The van der Waals surface area contributed by atoms with Crippen LogP contribution in [0.25, 0.3) is 11.0 Å². The number of carbonyl (C=O) groups is 1. The van der Waals surface area contributed by atoms with Gasteiger partial charge in [0.05, 0.1) is 13.2 Å². The second-order valence-electron chi connectivity index (χ2n) is 4.21. The predicted octanol–water partition coefficient (Wildman–Crippen LogP) is 2.52. The molecule has 1 aromatic carbocycles. The van der Waals surface area contributed by atoms with E-state index in [9.17, 15) is 9.59 Å². The monoisotopic (exact) mass is 276 g/mol.